The summed E-state index contributed by atoms with van der Waals surface area (Å²) in [4.78, 5) is 25.1. The Bertz CT molecular complexity index is 410. The molecule has 0 radical (unpaired) electrons. The molecule has 1 aromatic rings. The summed E-state index contributed by atoms with van der Waals surface area (Å²) in [5, 5.41) is 19.3. The monoisotopic (exact) mass is 228 g/mol. The highest BCUT2D eigenvalue weighted by atomic mass is 19.1. The number of aromatic nitrogens is 1. The zero-order valence-corrected chi connectivity index (χ0v) is 8.05. The van der Waals surface area contributed by atoms with Crippen molar-refractivity contribution in [3.63, 3.8) is 0 Å². The Hall–Kier alpha value is -2.02. The average molecular weight is 228 g/mol. The van der Waals surface area contributed by atoms with Gasteiger partial charge in [0.2, 0.25) is 5.95 Å². The van der Waals surface area contributed by atoms with Crippen molar-refractivity contribution in [3.8, 4) is 0 Å². The van der Waals surface area contributed by atoms with Gasteiger partial charge < -0.3 is 15.5 Å². The smallest absolute Gasteiger partial charge is 0.328 e. The third-order valence-electron chi connectivity index (χ3n) is 1.77. The fraction of sp³-hybridized carbons (Fsp3) is 0.222. The molecule has 1 aromatic heterocycles. The molecule has 1 amide bonds. The Morgan fingerprint density at radius 3 is 2.75 bits per heavy atom. The van der Waals surface area contributed by atoms with Gasteiger partial charge in [-0.3, -0.25) is 4.79 Å². The molecule has 1 rings (SSSR count). The number of carbonyl (C=O) groups excluding carboxylic acids is 1. The van der Waals surface area contributed by atoms with Gasteiger partial charge in [-0.2, -0.15) is 4.39 Å². The first-order valence-electron chi connectivity index (χ1n) is 4.30. The molecule has 1 atom stereocenters. The minimum atomic E-state index is -1.41. The number of carbonyl (C=O) groups is 2. The molecule has 0 aromatic carbocycles. The largest absolute Gasteiger partial charge is 0.480 e. The zero-order chi connectivity index (χ0) is 12.1. The molecule has 7 heteroatoms. The predicted octanol–water partition coefficient (Wildman–Crippen LogP) is -0.604. The van der Waals surface area contributed by atoms with Gasteiger partial charge in [0.15, 0.2) is 6.04 Å². The van der Waals surface area contributed by atoms with E-state index in [-0.39, 0.29) is 5.56 Å². The van der Waals surface area contributed by atoms with Gasteiger partial charge in [-0.1, -0.05) is 0 Å². The Balaban J connectivity index is 2.75. The number of hydrogen-bond acceptors (Lipinski definition) is 4. The van der Waals surface area contributed by atoms with Crippen molar-refractivity contribution in [2.75, 3.05) is 6.61 Å². The number of amides is 1. The molecule has 0 fully saturated rings. The van der Waals surface area contributed by atoms with E-state index in [2.05, 4.69) is 4.98 Å². The maximum Gasteiger partial charge on any atom is 0.328 e. The van der Waals surface area contributed by atoms with Crippen molar-refractivity contribution in [1.29, 1.82) is 0 Å². The number of carboxylic acids is 1. The first-order chi connectivity index (χ1) is 7.54. The Labute approximate surface area is 89.7 Å². The van der Waals surface area contributed by atoms with Crippen LogP contribution in [-0.2, 0) is 4.79 Å². The number of rotatable bonds is 4. The quantitative estimate of drug-likeness (QED) is 0.597. The molecular formula is C9H9FN2O4. The van der Waals surface area contributed by atoms with E-state index in [1.54, 1.807) is 0 Å². The van der Waals surface area contributed by atoms with E-state index in [0.29, 0.717) is 0 Å². The fourth-order valence-electron chi connectivity index (χ4n) is 0.971. The van der Waals surface area contributed by atoms with Crippen molar-refractivity contribution in [1.82, 2.24) is 10.3 Å². The molecule has 0 aliphatic heterocycles. The van der Waals surface area contributed by atoms with Gasteiger partial charge in [0.05, 0.1) is 6.61 Å². The van der Waals surface area contributed by atoms with Crippen molar-refractivity contribution >= 4 is 11.9 Å². The summed E-state index contributed by atoms with van der Waals surface area (Å²) in [6.07, 6.45) is 1.08. The third-order valence-corrected chi connectivity index (χ3v) is 1.77. The lowest BCUT2D eigenvalue weighted by atomic mass is 10.2. The Kier molecular flexibility index (Phi) is 3.90. The molecule has 0 saturated carbocycles. The van der Waals surface area contributed by atoms with E-state index < -0.39 is 30.5 Å². The second-order valence-electron chi connectivity index (χ2n) is 2.91. The number of nitrogens with one attached hydrogen (secondary N) is 1. The Morgan fingerprint density at radius 2 is 2.25 bits per heavy atom. The van der Waals surface area contributed by atoms with Gasteiger partial charge in [0.1, 0.15) is 0 Å². The van der Waals surface area contributed by atoms with Gasteiger partial charge >= 0.3 is 5.97 Å². The molecule has 0 unspecified atom stereocenters. The topological polar surface area (TPSA) is 99.5 Å². The highest BCUT2D eigenvalue weighted by molar-refractivity contribution is 5.96. The average Bonchev–Trinajstić information content (AvgIpc) is 2.25. The zero-order valence-electron chi connectivity index (χ0n) is 8.05. The van der Waals surface area contributed by atoms with Gasteiger partial charge in [0, 0.05) is 17.8 Å². The van der Waals surface area contributed by atoms with E-state index in [9.17, 15) is 14.0 Å². The maximum atomic E-state index is 12.6. The summed E-state index contributed by atoms with van der Waals surface area (Å²) in [7, 11) is 0. The number of pyridine rings is 1. The van der Waals surface area contributed by atoms with Crippen LogP contribution < -0.4 is 5.32 Å². The van der Waals surface area contributed by atoms with E-state index in [1.165, 1.54) is 6.07 Å². The second-order valence-corrected chi connectivity index (χ2v) is 2.91. The van der Waals surface area contributed by atoms with Crippen LogP contribution >= 0.6 is 0 Å². The lowest BCUT2D eigenvalue weighted by Crippen LogP contribution is -2.43. The molecule has 3 N–H and O–H groups in total. The molecule has 86 valence electrons. The van der Waals surface area contributed by atoms with E-state index in [1.807, 2.05) is 5.32 Å². The lowest BCUT2D eigenvalue weighted by Gasteiger charge is -2.11. The van der Waals surface area contributed by atoms with Crippen LogP contribution in [0.2, 0.25) is 0 Å². The number of aliphatic hydroxyl groups excluding tert-OH is 1. The van der Waals surface area contributed by atoms with Crippen LogP contribution in [0.15, 0.2) is 18.3 Å². The number of hydrogen-bond donors (Lipinski definition) is 3. The summed E-state index contributed by atoms with van der Waals surface area (Å²) >= 11 is 0. The van der Waals surface area contributed by atoms with Crippen LogP contribution in [-0.4, -0.2) is 39.7 Å². The molecule has 0 aliphatic carbocycles. The van der Waals surface area contributed by atoms with E-state index in [0.717, 1.165) is 12.3 Å². The molecule has 1 heterocycles. The normalized spacial score (nSPS) is 11.9. The summed E-state index contributed by atoms with van der Waals surface area (Å²) in [5.41, 5.74) is -0.0628. The molecular weight excluding hydrogens is 219 g/mol. The van der Waals surface area contributed by atoms with Gasteiger partial charge in [-0.25, -0.2) is 9.78 Å². The van der Waals surface area contributed by atoms with Crippen molar-refractivity contribution < 1.29 is 24.2 Å². The summed E-state index contributed by atoms with van der Waals surface area (Å²) in [6, 6.07) is 0.684. The first kappa shape index (κ1) is 12.1. The lowest BCUT2D eigenvalue weighted by molar-refractivity contribution is -0.140. The van der Waals surface area contributed by atoms with Crippen LogP contribution in [0.4, 0.5) is 4.39 Å². The van der Waals surface area contributed by atoms with Crippen LogP contribution in [0.5, 0.6) is 0 Å². The highest BCUT2D eigenvalue weighted by Crippen LogP contribution is 2.00. The molecule has 0 bridgehead atoms. The summed E-state index contributed by atoms with van der Waals surface area (Å²) < 4.78 is 12.6. The second kappa shape index (κ2) is 5.17. The van der Waals surface area contributed by atoms with E-state index >= 15 is 0 Å². The third kappa shape index (κ3) is 2.99. The van der Waals surface area contributed by atoms with Crippen molar-refractivity contribution in [2.45, 2.75) is 6.04 Å². The fourth-order valence-corrected chi connectivity index (χ4v) is 0.971. The van der Waals surface area contributed by atoms with Crippen LogP contribution in [0.3, 0.4) is 0 Å². The number of nitrogens with zero attached hydrogens (tertiary/aromatic N) is 1. The van der Waals surface area contributed by atoms with Gasteiger partial charge in [0.25, 0.3) is 5.91 Å². The van der Waals surface area contributed by atoms with Crippen LogP contribution in [0, 0.1) is 5.95 Å². The van der Waals surface area contributed by atoms with Crippen LogP contribution in [0.1, 0.15) is 10.4 Å². The SMILES string of the molecule is O=C(N[C@@H](CO)C(=O)O)c1ccnc(F)c1. The number of aliphatic carboxylic acids is 1. The minimum absolute atomic E-state index is 0.0628. The highest BCUT2D eigenvalue weighted by Gasteiger charge is 2.19. The number of carboxylic acid groups (broad SMARTS) is 1. The summed E-state index contributed by atoms with van der Waals surface area (Å²) in [6.45, 7) is -0.741. The standard InChI is InChI=1S/C9H9FN2O4/c10-7-3-5(1-2-11-7)8(14)12-6(4-13)9(15)16/h1-3,6,13H,4H2,(H,12,14)(H,15,16)/t6-/m0/s1. The van der Waals surface area contributed by atoms with Gasteiger partial charge in [-0.15, -0.1) is 0 Å². The number of aliphatic hydroxyl groups is 1. The Morgan fingerprint density at radius 1 is 1.56 bits per heavy atom. The van der Waals surface area contributed by atoms with Crippen LogP contribution in [0.25, 0.3) is 0 Å². The van der Waals surface area contributed by atoms with Gasteiger partial charge in [-0.05, 0) is 6.07 Å². The first-order valence-corrected chi connectivity index (χ1v) is 4.30. The maximum absolute atomic E-state index is 12.6. The minimum Gasteiger partial charge on any atom is -0.480 e. The van der Waals surface area contributed by atoms with E-state index in [4.69, 9.17) is 10.2 Å². The molecule has 16 heavy (non-hydrogen) atoms. The molecule has 0 aliphatic rings. The number of halogens is 1. The van der Waals surface area contributed by atoms with Crippen molar-refractivity contribution in [3.05, 3.63) is 29.8 Å². The molecule has 0 spiro atoms. The van der Waals surface area contributed by atoms with Crippen molar-refractivity contribution in [2.24, 2.45) is 0 Å². The molecule has 0 saturated heterocycles. The summed E-state index contributed by atoms with van der Waals surface area (Å²) in [5.74, 6) is -3.00. The predicted molar refractivity (Wildman–Crippen MR) is 50.2 cm³/mol. The molecule has 6 nitrogen and oxygen atoms in total.